The molecule has 0 aromatic heterocycles. The molecule has 0 bridgehead atoms. The van der Waals surface area contributed by atoms with Gasteiger partial charge in [0.15, 0.2) is 0 Å². The Morgan fingerprint density at radius 3 is 2.72 bits per heavy atom. The fraction of sp³-hybridized carbons (Fsp3) is 0.571. The average Bonchev–Trinajstić information content (AvgIpc) is 2.38. The molecule has 18 heavy (non-hydrogen) atoms. The molecule has 0 amide bonds. The molecule has 0 spiro atoms. The van der Waals surface area contributed by atoms with Crippen LogP contribution < -0.4 is 5.32 Å². The minimum atomic E-state index is -1.03. The lowest BCUT2D eigenvalue weighted by Crippen LogP contribution is -2.44. The van der Waals surface area contributed by atoms with Crippen molar-refractivity contribution < 1.29 is 4.21 Å². The summed E-state index contributed by atoms with van der Waals surface area (Å²) >= 11 is 6.15. The van der Waals surface area contributed by atoms with Crippen LogP contribution in [-0.2, 0) is 10.8 Å². The summed E-state index contributed by atoms with van der Waals surface area (Å²) in [5.74, 6) is 0.644. The van der Waals surface area contributed by atoms with Crippen molar-refractivity contribution in [1.29, 1.82) is 0 Å². The van der Waals surface area contributed by atoms with E-state index in [4.69, 9.17) is 11.6 Å². The van der Waals surface area contributed by atoms with Crippen molar-refractivity contribution >= 4 is 22.4 Å². The standard InChI is InChI=1S/C14H20ClNOS/c1-10-7-8-12(16-2)14(9-10)18(17)13-6-4-3-5-11(13)15/h3-6,10,12,14,16H,7-9H2,1-2H3. The van der Waals surface area contributed by atoms with E-state index in [0.29, 0.717) is 17.0 Å². The molecule has 1 aliphatic rings. The number of rotatable bonds is 3. The molecule has 1 N–H and O–H groups in total. The van der Waals surface area contributed by atoms with Gasteiger partial charge in [0.05, 0.1) is 26.0 Å². The van der Waals surface area contributed by atoms with E-state index < -0.39 is 10.8 Å². The van der Waals surface area contributed by atoms with Crippen molar-refractivity contribution in [2.45, 2.75) is 42.4 Å². The summed E-state index contributed by atoms with van der Waals surface area (Å²) in [4.78, 5) is 0.776. The molecule has 1 saturated carbocycles. The summed E-state index contributed by atoms with van der Waals surface area (Å²) in [5, 5.41) is 4.09. The van der Waals surface area contributed by atoms with Crippen LogP contribution in [0.4, 0.5) is 0 Å². The van der Waals surface area contributed by atoms with Crippen molar-refractivity contribution in [2.75, 3.05) is 7.05 Å². The predicted molar refractivity (Wildman–Crippen MR) is 77.5 cm³/mol. The molecular weight excluding hydrogens is 266 g/mol. The third-order valence-electron chi connectivity index (χ3n) is 3.75. The molecule has 1 aromatic carbocycles. The summed E-state index contributed by atoms with van der Waals surface area (Å²) < 4.78 is 12.7. The van der Waals surface area contributed by atoms with Crippen LogP contribution in [0.15, 0.2) is 29.2 Å². The van der Waals surface area contributed by atoms with E-state index in [0.717, 1.165) is 17.7 Å². The van der Waals surface area contributed by atoms with Crippen LogP contribution in [0.2, 0.25) is 5.02 Å². The highest BCUT2D eigenvalue weighted by Gasteiger charge is 2.33. The molecule has 1 fully saturated rings. The zero-order valence-corrected chi connectivity index (χ0v) is 12.4. The van der Waals surface area contributed by atoms with Gasteiger partial charge in [-0.25, -0.2) is 0 Å². The second-order valence-electron chi connectivity index (χ2n) is 5.08. The summed E-state index contributed by atoms with van der Waals surface area (Å²) in [5.41, 5.74) is 0. The lowest BCUT2D eigenvalue weighted by molar-refractivity contribution is 0.325. The fourth-order valence-corrected chi connectivity index (χ4v) is 4.90. The van der Waals surface area contributed by atoms with E-state index in [1.54, 1.807) is 0 Å². The van der Waals surface area contributed by atoms with Gasteiger partial charge in [-0.1, -0.05) is 30.7 Å². The second kappa shape index (κ2) is 6.18. The average molecular weight is 286 g/mol. The highest BCUT2D eigenvalue weighted by molar-refractivity contribution is 7.85. The van der Waals surface area contributed by atoms with E-state index in [2.05, 4.69) is 12.2 Å². The Bertz CT molecular complexity index is 438. The van der Waals surface area contributed by atoms with Gasteiger partial charge >= 0.3 is 0 Å². The van der Waals surface area contributed by atoms with Gasteiger partial charge < -0.3 is 5.32 Å². The Kier molecular flexibility index (Phi) is 4.82. The highest BCUT2D eigenvalue weighted by Crippen LogP contribution is 2.32. The topological polar surface area (TPSA) is 29.1 Å². The first-order chi connectivity index (χ1) is 8.63. The van der Waals surface area contributed by atoms with Gasteiger partial charge in [-0.3, -0.25) is 4.21 Å². The van der Waals surface area contributed by atoms with Crippen LogP contribution in [0, 0.1) is 5.92 Å². The molecule has 0 heterocycles. The number of benzene rings is 1. The van der Waals surface area contributed by atoms with Gasteiger partial charge in [-0.15, -0.1) is 0 Å². The Hall–Kier alpha value is -0.380. The number of halogens is 1. The minimum absolute atomic E-state index is 0.165. The van der Waals surface area contributed by atoms with Crippen LogP contribution in [0.5, 0.6) is 0 Å². The van der Waals surface area contributed by atoms with E-state index in [-0.39, 0.29) is 5.25 Å². The van der Waals surface area contributed by atoms with E-state index in [1.807, 2.05) is 31.3 Å². The van der Waals surface area contributed by atoms with Crippen molar-refractivity contribution in [3.63, 3.8) is 0 Å². The van der Waals surface area contributed by atoms with Crippen molar-refractivity contribution in [3.8, 4) is 0 Å². The Morgan fingerprint density at radius 2 is 2.06 bits per heavy atom. The Morgan fingerprint density at radius 1 is 1.33 bits per heavy atom. The maximum Gasteiger partial charge on any atom is 0.0591 e. The van der Waals surface area contributed by atoms with E-state index >= 15 is 0 Å². The first-order valence-electron chi connectivity index (χ1n) is 6.46. The normalized spacial score (nSPS) is 30.1. The SMILES string of the molecule is CNC1CCC(C)CC1S(=O)c1ccccc1Cl. The largest absolute Gasteiger partial charge is 0.316 e. The fourth-order valence-electron chi connectivity index (χ4n) is 2.67. The quantitative estimate of drug-likeness (QED) is 0.924. The van der Waals surface area contributed by atoms with Gasteiger partial charge in [-0.2, -0.15) is 0 Å². The lowest BCUT2D eigenvalue weighted by atomic mass is 9.87. The van der Waals surface area contributed by atoms with Crippen LogP contribution in [0.25, 0.3) is 0 Å². The lowest BCUT2D eigenvalue weighted by Gasteiger charge is -2.34. The molecule has 0 saturated heterocycles. The zero-order valence-electron chi connectivity index (χ0n) is 10.9. The highest BCUT2D eigenvalue weighted by atomic mass is 35.5. The zero-order chi connectivity index (χ0) is 13.1. The monoisotopic (exact) mass is 285 g/mol. The molecule has 2 nitrogen and oxygen atoms in total. The summed E-state index contributed by atoms with van der Waals surface area (Å²) in [6.45, 7) is 2.24. The van der Waals surface area contributed by atoms with Gasteiger partial charge in [0.25, 0.3) is 0 Å². The van der Waals surface area contributed by atoms with Gasteiger partial charge in [0.2, 0.25) is 0 Å². The van der Waals surface area contributed by atoms with Crippen molar-refractivity contribution in [3.05, 3.63) is 29.3 Å². The first kappa shape index (κ1) is 14.0. The maximum absolute atomic E-state index is 12.7. The summed E-state index contributed by atoms with van der Waals surface area (Å²) in [7, 11) is 0.929. The summed E-state index contributed by atoms with van der Waals surface area (Å²) in [6.07, 6.45) is 3.31. The van der Waals surface area contributed by atoms with E-state index in [9.17, 15) is 4.21 Å². The van der Waals surface area contributed by atoms with Gasteiger partial charge in [0.1, 0.15) is 0 Å². The smallest absolute Gasteiger partial charge is 0.0591 e. The molecule has 0 radical (unpaired) electrons. The predicted octanol–water partition coefficient (Wildman–Crippen LogP) is 3.22. The number of nitrogens with one attached hydrogen (secondary N) is 1. The molecule has 1 aromatic rings. The van der Waals surface area contributed by atoms with Gasteiger partial charge in [-0.05, 0) is 44.4 Å². The Labute approximate surface area is 117 Å². The molecule has 4 unspecified atom stereocenters. The Balaban J connectivity index is 2.23. The first-order valence-corrected chi connectivity index (χ1v) is 8.05. The van der Waals surface area contributed by atoms with E-state index in [1.165, 1.54) is 6.42 Å². The molecule has 4 atom stereocenters. The van der Waals surface area contributed by atoms with Crippen LogP contribution in [-0.4, -0.2) is 22.5 Å². The van der Waals surface area contributed by atoms with Crippen molar-refractivity contribution in [1.82, 2.24) is 5.32 Å². The molecule has 100 valence electrons. The second-order valence-corrected chi connectivity index (χ2v) is 7.13. The van der Waals surface area contributed by atoms with Crippen LogP contribution in [0.1, 0.15) is 26.2 Å². The molecule has 2 rings (SSSR count). The molecular formula is C14H20ClNOS. The number of hydrogen-bond donors (Lipinski definition) is 1. The molecule has 1 aliphatic carbocycles. The number of hydrogen-bond acceptors (Lipinski definition) is 2. The maximum atomic E-state index is 12.7. The molecule has 0 aliphatic heterocycles. The van der Waals surface area contributed by atoms with Crippen molar-refractivity contribution in [2.24, 2.45) is 5.92 Å². The minimum Gasteiger partial charge on any atom is -0.316 e. The molecule has 4 heteroatoms. The third kappa shape index (κ3) is 2.95. The van der Waals surface area contributed by atoms with Crippen LogP contribution in [0.3, 0.4) is 0 Å². The van der Waals surface area contributed by atoms with Crippen LogP contribution >= 0.6 is 11.6 Å². The summed E-state index contributed by atoms with van der Waals surface area (Å²) in [6, 6.07) is 7.81. The third-order valence-corrected chi connectivity index (χ3v) is 6.06. The van der Waals surface area contributed by atoms with Gasteiger partial charge in [0, 0.05) is 6.04 Å².